The first kappa shape index (κ1) is 25.1. The number of nitrogens with zero attached hydrogens (tertiary/aromatic N) is 1. The summed E-state index contributed by atoms with van der Waals surface area (Å²) in [4.78, 5) is 14.3. The third-order valence-electron chi connectivity index (χ3n) is 5.50. The predicted octanol–water partition coefficient (Wildman–Crippen LogP) is 6.72. The number of hydrogen-bond donors (Lipinski definition) is 1. The van der Waals surface area contributed by atoms with Crippen LogP contribution in [0.2, 0.25) is 0 Å². The van der Waals surface area contributed by atoms with Crippen molar-refractivity contribution in [1.29, 1.82) is 5.26 Å². The lowest BCUT2D eigenvalue weighted by molar-refractivity contribution is 0.0955. The molecule has 0 heterocycles. The van der Waals surface area contributed by atoms with E-state index in [2.05, 4.69) is 23.5 Å². The first-order chi connectivity index (χ1) is 16.3. The van der Waals surface area contributed by atoms with Gasteiger partial charge in [0, 0.05) is 16.0 Å². The van der Waals surface area contributed by atoms with Crippen LogP contribution >= 0.6 is 11.8 Å². The van der Waals surface area contributed by atoms with E-state index in [1.165, 1.54) is 5.56 Å². The number of nitrogens with one attached hydrogen (secondary N) is 1. The molecule has 0 aliphatic rings. The lowest BCUT2D eigenvalue weighted by Crippen LogP contribution is -2.31. The van der Waals surface area contributed by atoms with Gasteiger partial charge in [0.05, 0.1) is 18.2 Å². The molecule has 5 heteroatoms. The first-order valence-electron chi connectivity index (χ1n) is 11.1. The van der Waals surface area contributed by atoms with Crippen molar-refractivity contribution in [3.8, 4) is 11.8 Å². The molecule has 3 aromatic carbocycles. The van der Waals surface area contributed by atoms with E-state index in [1.54, 1.807) is 24.9 Å². The third-order valence-corrected chi connectivity index (χ3v) is 6.22. The molecule has 0 unspecified atom stereocenters. The molecule has 3 aromatic rings. The quantitative estimate of drug-likeness (QED) is 0.308. The van der Waals surface area contributed by atoms with Gasteiger partial charge in [0.25, 0.3) is 5.91 Å². The van der Waals surface area contributed by atoms with E-state index in [0.29, 0.717) is 22.6 Å². The van der Waals surface area contributed by atoms with E-state index in [4.69, 9.17) is 4.74 Å². The summed E-state index contributed by atoms with van der Waals surface area (Å²) in [6, 6.07) is 26.0. The summed E-state index contributed by atoms with van der Waals surface area (Å²) in [6.07, 6.45) is 2.79. The molecule has 0 aromatic heterocycles. The Morgan fingerprint density at radius 2 is 1.65 bits per heavy atom. The Bertz CT molecular complexity index is 1220. The topological polar surface area (TPSA) is 62.1 Å². The van der Waals surface area contributed by atoms with E-state index >= 15 is 0 Å². The minimum absolute atomic E-state index is 0.303. The van der Waals surface area contributed by atoms with Crippen molar-refractivity contribution in [2.75, 3.05) is 13.4 Å². The van der Waals surface area contributed by atoms with Crippen LogP contribution in [-0.2, 0) is 6.42 Å². The normalized spacial score (nSPS) is 11.9. The molecule has 4 nitrogen and oxygen atoms in total. The molecule has 0 atom stereocenters. The zero-order valence-corrected chi connectivity index (χ0v) is 21.1. The molecular weight excluding hydrogens is 440 g/mol. The average Bonchev–Trinajstić information content (AvgIpc) is 2.84. The fourth-order valence-electron chi connectivity index (χ4n) is 3.68. The summed E-state index contributed by atoms with van der Waals surface area (Å²) in [7, 11) is 1.55. The highest BCUT2D eigenvalue weighted by molar-refractivity contribution is 7.98. The van der Waals surface area contributed by atoms with Gasteiger partial charge in [-0.25, -0.2) is 0 Å². The van der Waals surface area contributed by atoms with Crippen LogP contribution in [0.15, 0.2) is 83.4 Å². The number of allylic oxidation sites excluding steroid dienone is 2. The predicted molar refractivity (Wildman–Crippen MR) is 140 cm³/mol. The van der Waals surface area contributed by atoms with Crippen LogP contribution in [0, 0.1) is 16.7 Å². The summed E-state index contributed by atoms with van der Waals surface area (Å²) in [6.45, 7) is 5.95. The summed E-state index contributed by atoms with van der Waals surface area (Å²) >= 11 is 1.58. The van der Waals surface area contributed by atoms with Crippen LogP contribution in [0.1, 0.15) is 47.8 Å². The number of rotatable bonds is 7. The number of hydrogen-bond acceptors (Lipinski definition) is 4. The number of benzene rings is 3. The van der Waals surface area contributed by atoms with Gasteiger partial charge >= 0.3 is 0 Å². The zero-order chi connectivity index (χ0) is 24.7. The van der Waals surface area contributed by atoms with Gasteiger partial charge in [-0.3, -0.25) is 4.79 Å². The van der Waals surface area contributed by atoms with E-state index in [9.17, 15) is 10.1 Å². The van der Waals surface area contributed by atoms with Gasteiger partial charge in [-0.15, -0.1) is 11.8 Å². The number of carbonyl (C=O) groups is 1. The van der Waals surface area contributed by atoms with E-state index in [-0.39, 0.29) is 5.91 Å². The van der Waals surface area contributed by atoms with E-state index in [0.717, 1.165) is 22.4 Å². The maximum absolute atomic E-state index is 13.2. The van der Waals surface area contributed by atoms with Gasteiger partial charge in [0.2, 0.25) is 0 Å². The largest absolute Gasteiger partial charge is 0.496 e. The fraction of sp³-hybridized carbons (Fsp3) is 0.241. The van der Waals surface area contributed by atoms with Crippen LogP contribution in [0.5, 0.6) is 5.75 Å². The number of carbonyl (C=O) groups excluding carboxylic acids is 1. The standard InChI is InChI=1S/C29H30N2O2S/c1-29(2,3)27(31-28(32)24-16-15-23(34-5)18-26(24)33-4)25(19-30)22-13-11-21(12-14-22)17-20-9-7-6-8-10-20/h6-16,18H,17H2,1-5H3,(H,31,32)/b27-25-. The summed E-state index contributed by atoms with van der Waals surface area (Å²) in [5, 5.41) is 13.1. The Morgan fingerprint density at radius 1 is 1.00 bits per heavy atom. The van der Waals surface area contributed by atoms with Gasteiger partial charge in [-0.05, 0) is 47.6 Å². The van der Waals surface area contributed by atoms with Gasteiger partial charge < -0.3 is 10.1 Å². The van der Waals surface area contributed by atoms with Crippen molar-refractivity contribution < 1.29 is 9.53 Å². The molecule has 3 rings (SSSR count). The van der Waals surface area contributed by atoms with Gasteiger partial charge in [0.1, 0.15) is 11.8 Å². The Morgan fingerprint density at radius 3 is 2.21 bits per heavy atom. The van der Waals surface area contributed by atoms with Gasteiger partial charge in [-0.1, -0.05) is 75.4 Å². The van der Waals surface area contributed by atoms with Crippen molar-refractivity contribution in [2.45, 2.75) is 32.1 Å². The van der Waals surface area contributed by atoms with E-state index in [1.807, 2.05) is 81.6 Å². The third kappa shape index (κ3) is 6.09. The summed E-state index contributed by atoms with van der Waals surface area (Å²) in [5.41, 5.74) is 4.16. The molecule has 34 heavy (non-hydrogen) atoms. The highest BCUT2D eigenvalue weighted by atomic mass is 32.2. The zero-order valence-electron chi connectivity index (χ0n) is 20.3. The maximum Gasteiger partial charge on any atom is 0.259 e. The summed E-state index contributed by atoms with van der Waals surface area (Å²) < 4.78 is 5.45. The number of thioether (sulfide) groups is 1. The van der Waals surface area contributed by atoms with Crippen LogP contribution in [0.4, 0.5) is 0 Å². The molecule has 1 N–H and O–H groups in total. The van der Waals surface area contributed by atoms with Crippen molar-refractivity contribution in [3.05, 3.63) is 101 Å². The van der Waals surface area contributed by atoms with Crippen LogP contribution in [-0.4, -0.2) is 19.3 Å². The Hall–Kier alpha value is -3.49. The first-order valence-corrected chi connectivity index (χ1v) is 12.3. The van der Waals surface area contributed by atoms with Crippen molar-refractivity contribution in [3.63, 3.8) is 0 Å². The molecule has 0 radical (unpaired) electrons. The molecule has 174 valence electrons. The van der Waals surface area contributed by atoms with Crippen molar-refractivity contribution in [1.82, 2.24) is 5.32 Å². The molecule has 0 fully saturated rings. The monoisotopic (exact) mass is 470 g/mol. The average molecular weight is 471 g/mol. The highest BCUT2D eigenvalue weighted by Gasteiger charge is 2.26. The van der Waals surface area contributed by atoms with Crippen LogP contribution in [0.3, 0.4) is 0 Å². The Balaban J connectivity index is 1.95. The second-order valence-corrected chi connectivity index (χ2v) is 9.87. The minimum atomic E-state index is -0.462. The Labute approximate surface area is 206 Å². The lowest BCUT2D eigenvalue weighted by Gasteiger charge is -2.26. The molecule has 0 aliphatic heterocycles. The van der Waals surface area contributed by atoms with E-state index < -0.39 is 5.41 Å². The van der Waals surface area contributed by atoms with Crippen LogP contribution < -0.4 is 10.1 Å². The minimum Gasteiger partial charge on any atom is -0.496 e. The fourth-order valence-corrected chi connectivity index (χ4v) is 4.11. The maximum atomic E-state index is 13.2. The van der Waals surface area contributed by atoms with Gasteiger partial charge in [0.15, 0.2) is 0 Å². The molecule has 1 amide bonds. The van der Waals surface area contributed by atoms with Gasteiger partial charge in [-0.2, -0.15) is 5.26 Å². The van der Waals surface area contributed by atoms with Crippen molar-refractivity contribution in [2.24, 2.45) is 5.41 Å². The summed E-state index contributed by atoms with van der Waals surface area (Å²) in [5.74, 6) is 0.198. The smallest absolute Gasteiger partial charge is 0.259 e. The second-order valence-electron chi connectivity index (χ2n) is 8.99. The number of nitriles is 1. The SMILES string of the molecule is COc1cc(SC)ccc1C(=O)N/C(=C(/C#N)c1ccc(Cc2ccccc2)cc1)C(C)(C)C. The van der Waals surface area contributed by atoms with Crippen LogP contribution in [0.25, 0.3) is 5.57 Å². The molecule has 0 bridgehead atoms. The molecule has 0 saturated heterocycles. The second kappa shape index (κ2) is 11.1. The Kier molecular flexibility index (Phi) is 8.20. The number of ether oxygens (including phenoxy) is 1. The van der Waals surface area contributed by atoms with Crippen molar-refractivity contribution >= 4 is 23.2 Å². The number of amides is 1. The molecule has 0 aliphatic carbocycles. The molecule has 0 spiro atoms. The lowest BCUT2D eigenvalue weighted by atomic mass is 9.86. The molecular formula is C29H30N2O2S. The highest BCUT2D eigenvalue weighted by Crippen LogP contribution is 2.32. The molecule has 0 saturated carbocycles. The number of methoxy groups -OCH3 is 1.